The quantitative estimate of drug-likeness (QED) is 0.494. The number of β-amino-alcohol motifs (C(OH)–C–C–N with tert-alkyl or cyclic N) is 1. The van der Waals surface area contributed by atoms with E-state index in [0.717, 1.165) is 0 Å². The zero-order chi connectivity index (χ0) is 23.3. The van der Waals surface area contributed by atoms with Crippen molar-refractivity contribution in [3.63, 3.8) is 0 Å². The minimum atomic E-state index is -1.36. The van der Waals surface area contributed by atoms with E-state index in [2.05, 4.69) is 17.2 Å². The Labute approximate surface area is 185 Å². The highest BCUT2D eigenvalue weighted by Gasteiger charge is 2.44. The number of rotatable bonds is 1. The first kappa shape index (κ1) is 21.8. The van der Waals surface area contributed by atoms with Gasteiger partial charge in [0.15, 0.2) is 5.60 Å². The third kappa shape index (κ3) is 4.18. The maximum absolute atomic E-state index is 12.9. The number of imide groups is 1. The summed E-state index contributed by atoms with van der Waals surface area (Å²) in [7, 11) is 0. The minimum absolute atomic E-state index is 0.0330. The van der Waals surface area contributed by atoms with Crippen molar-refractivity contribution in [3.8, 4) is 11.8 Å². The highest BCUT2D eigenvalue weighted by atomic mass is 16.6. The topological polar surface area (TPSA) is 116 Å². The highest BCUT2D eigenvalue weighted by molar-refractivity contribution is 6.05. The fourth-order valence-electron chi connectivity index (χ4n) is 4.01. The van der Waals surface area contributed by atoms with Gasteiger partial charge in [0.2, 0.25) is 11.8 Å². The Morgan fingerprint density at radius 1 is 1.25 bits per heavy atom. The normalized spacial score (nSPS) is 21.9. The van der Waals surface area contributed by atoms with E-state index in [0.29, 0.717) is 16.7 Å². The summed E-state index contributed by atoms with van der Waals surface area (Å²) in [6.07, 6.45) is -0.0363. The van der Waals surface area contributed by atoms with Crippen LogP contribution in [0, 0.1) is 11.8 Å². The molecule has 168 valence electrons. The first-order valence-corrected chi connectivity index (χ1v) is 10.5. The second-order valence-electron chi connectivity index (χ2n) is 9.35. The van der Waals surface area contributed by atoms with Gasteiger partial charge in [0, 0.05) is 24.1 Å². The van der Waals surface area contributed by atoms with E-state index in [1.807, 2.05) is 0 Å². The summed E-state index contributed by atoms with van der Waals surface area (Å²) in [6.45, 7) is 5.58. The Hall–Kier alpha value is -3.38. The Bertz CT molecular complexity index is 1070. The Kier molecular flexibility index (Phi) is 5.21. The monoisotopic (exact) mass is 439 g/mol. The van der Waals surface area contributed by atoms with Crippen LogP contribution in [0.25, 0.3) is 0 Å². The molecule has 0 radical (unpaired) electrons. The van der Waals surface area contributed by atoms with Crippen LogP contribution in [0.3, 0.4) is 0 Å². The number of carbonyl (C=O) groups excluding carboxylic acids is 4. The summed E-state index contributed by atoms with van der Waals surface area (Å²) in [4.78, 5) is 51.4. The van der Waals surface area contributed by atoms with E-state index in [1.165, 1.54) is 9.80 Å². The molecule has 0 aliphatic carbocycles. The number of fused-ring (bicyclic) bond motifs is 1. The molecule has 1 aromatic carbocycles. The molecule has 3 heterocycles. The van der Waals surface area contributed by atoms with Gasteiger partial charge in [0.25, 0.3) is 5.91 Å². The molecule has 9 heteroatoms. The number of aliphatic hydroxyl groups is 1. The predicted octanol–water partition coefficient (Wildman–Crippen LogP) is 0.781. The molecule has 4 amide bonds. The first-order chi connectivity index (χ1) is 15.0. The third-order valence-corrected chi connectivity index (χ3v) is 5.57. The van der Waals surface area contributed by atoms with Gasteiger partial charge in [-0.3, -0.25) is 19.7 Å². The average Bonchev–Trinajstić information content (AvgIpc) is 3.00. The molecule has 2 N–H and O–H groups in total. The van der Waals surface area contributed by atoms with Crippen LogP contribution in [-0.2, 0) is 20.9 Å². The molecule has 2 saturated heterocycles. The maximum atomic E-state index is 12.9. The smallest absolute Gasteiger partial charge is 0.410 e. The van der Waals surface area contributed by atoms with E-state index in [1.54, 1.807) is 39.0 Å². The molecule has 32 heavy (non-hydrogen) atoms. The molecule has 3 aliphatic heterocycles. The molecule has 1 aromatic rings. The van der Waals surface area contributed by atoms with Crippen molar-refractivity contribution >= 4 is 23.8 Å². The fraction of sp³-hybridized carbons (Fsp3) is 0.478. The predicted molar refractivity (Wildman–Crippen MR) is 112 cm³/mol. The Balaban J connectivity index is 1.48. The summed E-state index contributed by atoms with van der Waals surface area (Å²) in [5.74, 6) is 4.67. The number of nitrogens with one attached hydrogen (secondary N) is 1. The van der Waals surface area contributed by atoms with E-state index >= 15 is 0 Å². The average molecular weight is 439 g/mol. The number of ether oxygens (including phenoxy) is 1. The van der Waals surface area contributed by atoms with Crippen LogP contribution in [0.5, 0.6) is 0 Å². The van der Waals surface area contributed by atoms with Crippen molar-refractivity contribution in [2.75, 3.05) is 13.1 Å². The van der Waals surface area contributed by atoms with E-state index in [9.17, 15) is 24.3 Å². The van der Waals surface area contributed by atoms with Gasteiger partial charge >= 0.3 is 6.09 Å². The number of likely N-dealkylation sites (tertiary alicyclic amines) is 1. The van der Waals surface area contributed by atoms with Crippen molar-refractivity contribution in [3.05, 3.63) is 34.9 Å². The van der Waals surface area contributed by atoms with Crippen LogP contribution < -0.4 is 5.32 Å². The lowest BCUT2D eigenvalue weighted by atomic mass is 9.94. The molecule has 1 unspecified atom stereocenters. The van der Waals surface area contributed by atoms with Crippen molar-refractivity contribution in [2.45, 2.75) is 57.4 Å². The van der Waals surface area contributed by atoms with Crippen LogP contribution in [0.1, 0.15) is 55.1 Å². The zero-order valence-corrected chi connectivity index (χ0v) is 18.2. The van der Waals surface area contributed by atoms with Gasteiger partial charge < -0.3 is 19.6 Å². The van der Waals surface area contributed by atoms with Crippen LogP contribution >= 0.6 is 0 Å². The fourth-order valence-corrected chi connectivity index (χ4v) is 4.01. The summed E-state index contributed by atoms with van der Waals surface area (Å²) in [6, 6.07) is 4.43. The highest BCUT2D eigenvalue weighted by Crippen LogP contribution is 2.30. The number of amides is 4. The van der Waals surface area contributed by atoms with Gasteiger partial charge in [-0.1, -0.05) is 17.9 Å². The van der Waals surface area contributed by atoms with E-state index in [4.69, 9.17) is 4.74 Å². The SMILES string of the molecule is CC(C)(C)OC(=O)N1CC(O)(C#Cc2cccc3c2CN(C2CCC(=O)NC2=O)C3=O)C1. The largest absolute Gasteiger partial charge is 0.444 e. The van der Waals surface area contributed by atoms with Gasteiger partial charge in [-0.25, -0.2) is 4.79 Å². The molecule has 9 nitrogen and oxygen atoms in total. The second-order valence-corrected chi connectivity index (χ2v) is 9.35. The molecule has 0 bridgehead atoms. The summed E-state index contributed by atoms with van der Waals surface area (Å²) >= 11 is 0. The number of carbonyl (C=O) groups is 4. The molecule has 1 atom stereocenters. The second kappa shape index (κ2) is 7.64. The number of benzene rings is 1. The van der Waals surface area contributed by atoms with Gasteiger partial charge in [0.1, 0.15) is 11.6 Å². The maximum Gasteiger partial charge on any atom is 0.410 e. The molecule has 2 fully saturated rings. The lowest BCUT2D eigenvalue weighted by Gasteiger charge is -2.43. The van der Waals surface area contributed by atoms with Crippen molar-refractivity contribution in [1.82, 2.24) is 15.1 Å². The van der Waals surface area contributed by atoms with Crippen molar-refractivity contribution < 1.29 is 29.0 Å². The summed E-state index contributed by atoms with van der Waals surface area (Å²) in [5.41, 5.74) is -0.262. The van der Waals surface area contributed by atoms with Gasteiger partial charge in [-0.2, -0.15) is 0 Å². The number of piperidine rings is 1. The lowest BCUT2D eigenvalue weighted by molar-refractivity contribution is -0.136. The minimum Gasteiger partial charge on any atom is -0.444 e. The Morgan fingerprint density at radius 3 is 2.62 bits per heavy atom. The molecule has 0 spiro atoms. The Morgan fingerprint density at radius 2 is 1.97 bits per heavy atom. The van der Waals surface area contributed by atoms with E-state index < -0.39 is 29.2 Å². The molecule has 0 aromatic heterocycles. The standard InChI is InChI=1S/C23H25N3O6/c1-22(2,3)32-21(30)25-12-23(31,13-25)10-9-14-5-4-6-15-16(14)11-26(20(15)29)17-7-8-18(27)24-19(17)28/h4-6,17,31H,7-8,11-13H2,1-3H3,(H,24,27,28). The van der Waals surface area contributed by atoms with Crippen LogP contribution in [0.2, 0.25) is 0 Å². The van der Waals surface area contributed by atoms with Crippen LogP contribution in [-0.4, -0.2) is 69.1 Å². The summed E-state index contributed by atoms with van der Waals surface area (Å²) in [5, 5.41) is 12.9. The zero-order valence-electron chi connectivity index (χ0n) is 18.2. The molecule has 3 aliphatic rings. The molecule has 0 saturated carbocycles. The number of hydrogen-bond acceptors (Lipinski definition) is 6. The van der Waals surface area contributed by atoms with Crippen molar-refractivity contribution in [1.29, 1.82) is 0 Å². The number of nitrogens with zero attached hydrogens (tertiary/aromatic N) is 2. The van der Waals surface area contributed by atoms with E-state index in [-0.39, 0.29) is 44.3 Å². The van der Waals surface area contributed by atoms with Gasteiger partial charge in [-0.05, 0) is 44.9 Å². The third-order valence-electron chi connectivity index (χ3n) is 5.57. The number of hydrogen-bond donors (Lipinski definition) is 2. The lowest BCUT2D eigenvalue weighted by Crippen LogP contribution is -2.63. The summed E-state index contributed by atoms with van der Waals surface area (Å²) < 4.78 is 5.29. The molecule has 4 rings (SSSR count). The van der Waals surface area contributed by atoms with Crippen LogP contribution in [0.4, 0.5) is 4.79 Å². The molecular weight excluding hydrogens is 414 g/mol. The van der Waals surface area contributed by atoms with Crippen LogP contribution in [0.15, 0.2) is 18.2 Å². The van der Waals surface area contributed by atoms with Crippen molar-refractivity contribution in [2.24, 2.45) is 0 Å². The molecular formula is C23H25N3O6. The van der Waals surface area contributed by atoms with Gasteiger partial charge in [-0.15, -0.1) is 0 Å². The van der Waals surface area contributed by atoms with Gasteiger partial charge in [0.05, 0.1) is 13.1 Å². The first-order valence-electron chi connectivity index (χ1n) is 10.5.